The topological polar surface area (TPSA) is 64.3 Å². The molecule has 1 amide bonds. The molecule has 0 aromatic heterocycles. The van der Waals surface area contributed by atoms with Crippen LogP contribution in [-0.4, -0.2) is 11.9 Å². The summed E-state index contributed by atoms with van der Waals surface area (Å²) in [5.41, 5.74) is 6.90. The van der Waals surface area contributed by atoms with Crippen LogP contribution in [0, 0.1) is 17.5 Å². The van der Waals surface area contributed by atoms with Crippen molar-refractivity contribution in [1.82, 2.24) is 0 Å². The number of anilines is 1. The minimum absolute atomic E-state index is 0.148. The van der Waals surface area contributed by atoms with Crippen molar-refractivity contribution in [3.8, 4) is 5.75 Å². The lowest BCUT2D eigenvalue weighted by Gasteiger charge is -2.14. The molecule has 3 aromatic carbocycles. The van der Waals surface area contributed by atoms with Crippen LogP contribution < -0.4 is 15.8 Å². The molecule has 0 unspecified atom stereocenters. The molecule has 0 aliphatic rings. The predicted octanol–water partition coefficient (Wildman–Crippen LogP) is 4.19. The smallest absolute Gasteiger partial charge is 0.241 e. The number of carbonyl (C=O) groups excluding carboxylic acids is 1. The molecule has 1 atom stereocenters. The minimum atomic E-state index is -1.21. The SMILES string of the molecule is N[C@@H](Cc1ccc(OCc2ccccc2)cc1)C(=O)Nc1c(F)cc(F)cc1F. The molecule has 150 valence electrons. The Bertz CT molecular complexity index is 956. The van der Waals surface area contributed by atoms with Crippen molar-refractivity contribution in [2.45, 2.75) is 19.1 Å². The van der Waals surface area contributed by atoms with Crippen molar-refractivity contribution in [2.24, 2.45) is 5.73 Å². The lowest BCUT2D eigenvalue weighted by molar-refractivity contribution is -0.117. The van der Waals surface area contributed by atoms with Crippen molar-refractivity contribution in [3.05, 3.63) is 95.3 Å². The molecule has 0 spiro atoms. The third-order valence-corrected chi connectivity index (χ3v) is 4.22. The summed E-state index contributed by atoms with van der Waals surface area (Å²) in [5.74, 6) is -3.60. The summed E-state index contributed by atoms with van der Waals surface area (Å²) in [6.07, 6.45) is 0.148. The fraction of sp³-hybridized carbons (Fsp3) is 0.136. The van der Waals surface area contributed by atoms with Crippen LogP contribution in [0.5, 0.6) is 5.75 Å². The van der Waals surface area contributed by atoms with Gasteiger partial charge in [0.05, 0.1) is 6.04 Å². The maximum Gasteiger partial charge on any atom is 0.241 e. The first kappa shape index (κ1) is 20.4. The molecule has 3 rings (SSSR count). The average molecular weight is 400 g/mol. The van der Waals surface area contributed by atoms with Crippen molar-refractivity contribution in [2.75, 3.05) is 5.32 Å². The van der Waals surface area contributed by atoms with Gasteiger partial charge in [0.25, 0.3) is 0 Å². The molecule has 0 radical (unpaired) electrons. The second-order valence-electron chi connectivity index (χ2n) is 6.46. The van der Waals surface area contributed by atoms with E-state index in [0.29, 0.717) is 24.5 Å². The van der Waals surface area contributed by atoms with E-state index in [2.05, 4.69) is 5.32 Å². The molecule has 7 heteroatoms. The maximum absolute atomic E-state index is 13.7. The van der Waals surface area contributed by atoms with Gasteiger partial charge in [-0.3, -0.25) is 4.79 Å². The van der Waals surface area contributed by atoms with E-state index in [1.54, 1.807) is 24.3 Å². The molecule has 3 aromatic rings. The number of carbonyl (C=O) groups is 1. The first-order valence-electron chi connectivity index (χ1n) is 8.89. The Balaban J connectivity index is 1.56. The number of amides is 1. The summed E-state index contributed by atoms with van der Waals surface area (Å²) in [5, 5.41) is 2.07. The van der Waals surface area contributed by atoms with Gasteiger partial charge >= 0.3 is 0 Å². The summed E-state index contributed by atoms with van der Waals surface area (Å²) in [4.78, 5) is 12.1. The number of hydrogen-bond acceptors (Lipinski definition) is 3. The Labute approximate surface area is 166 Å². The highest BCUT2D eigenvalue weighted by molar-refractivity contribution is 5.95. The van der Waals surface area contributed by atoms with E-state index in [0.717, 1.165) is 11.1 Å². The standard InChI is InChI=1S/C22H19F3N2O2/c23-16-11-18(24)21(19(25)12-16)27-22(28)20(26)10-14-6-8-17(9-7-14)29-13-15-4-2-1-3-5-15/h1-9,11-12,20H,10,13,26H2,(H,27,28)/t20-/m0/s1. The number of ether oxygens (including phenoxy) is 1. The summed E-state index contributed by atoms with van der Waals surface area (Å²) in [6.45, 7) is 0.427. The minimum Gasteiger partial charge on any atom is -0.489 e. The van der Waals surface area contributed by atoms with Crippen molar-refractivity contribution >= 4 is 11.6 Å². The molecule has 0 saturated heterocycles. The Morgan fingerprint density at radius 3 is 2.17 bits per heavy atom. The number of halogens is 3. The van der Waals surface area contributed by atoms with E-state index in [4.69, 9.17) is 10.5 Å². The number of nitrogens with one attached hydrogen (secondary N) is 1. The Hall–Kier alpha value is -3.32. The number of nitrogens with two attached hydrogens (primary N) is 1. The molecule has 4 nitrogen and oxygen atoms in total. The van der Waals surface area contributed by atoms with E-state index in [1.165, 1.54) is 0 Å². The molecule has 0 bridgehead atoms. The first-order chi connectivity index (χ1) is 13.9. The fourth-order valence-electron chi connectivity index (χ4n) is 2.69. The molecule has 3 N–H and O–H groups in total. The molecular weight excluding hydrogens is 381 g/mol. The Morgan fingerprint density at radius 2 is 1.55 bits per heavy atom. The maximum atomic E-state index is 13.7. The van der Waals surface area contributed by atoms with Gasteiger partial charge in [-0.15, -0.1) is 0 Å². The highest BCUT2D eigenvalue weighted by atomic mass is 19.1. The van der Waals surface area contributed by atoms with E-state index < -0.39 is 35.1 Å². The number of hydrogen-bond donors (Lipinski definition) is 2. The molecule has 29 heavy (non-hydrogen) atoms. The second kappa shape index (κ2) is 9.25. The van der Waals surface area contributed by atoms with Gasteiger partial charge in [0, 0.05) is 12.1 Å². The van der Waals surface area contributed by atoms with Gasteiger partial charge in [-0.2, -0.15) is 0 Å². The average Bonchev–Trinajstić information content (AvgIpc) is 2.70. The van der Waals surface area contributed by atoms with E-state index in [-0.39, 0.29) is 6.42 Å². The zero-order valence-corrected chi connectivity index (χ0v) is 15.4. The lowest BCUT2D eigenvalue weighted by Crippen LogP contribution is -2.37. The first-order valence-corrected chi connectivity index (χ1v) is 8.89. The van der Waals surface area contributed by atoms with Crippen molar-refractivity contribution < 1.29 is 22.7 Å². The van der Waals surface area contributed by atoms with E-state index >= 15 is 0 Å². The highest BCUT2D eigenvalue weighted by Crippen LogP contribution is 2.21. The Kier molecular flexibility index (Phi) is 6.51. The van der Waals surface area contributed by atoms with Gasteiger partial charge < -0.3 is 15.8 Å². The van der Waals surface area contributed by atoms with Crippen LogP contribution in [0.4, 0.5) is 18.9 Å². The Morgan fingerprint density at radius 1 is 0.931 bits per heavy atom. The molecule has 0 saturated carbocycles. The number of benzene rings is 3. The summed E-state index contributed by atoms with van der Waals surface area (Å²) in [7, 11) is 0. The van der Waals surface area contributed by atoms with Gasteiger partial charge in [-0.25, -0.2) is 13.2 Å². The zero-order valence-electron chi connectivity index (χ0n) is 15.4. The van der Waals surface area contributed by atoms with E-state index in [9.17, 15) is 18.0 Å². The normalized spacial score (nSPS) is 11.7. The summed E-state index contributed by atoms with van der Waals surface area (Å²) < 4.78 is 45.9. The molecule has 0 aliphatic carbocycles. The van der Waals surface area contributed by atoms with Crippen molar-refractivity contribution in [3.63, 3.8) is 0 Å². The van der Waals surface area contributed by atoms with Crippen LogP contribution in [-0.2, 0) is 17.8 Å². The monoisotopic (exact) mass is 400 g/mol. The van der Waals surface area contributed by atoms with Crippen LogP contribution >= 0.6 is 0 Å². The number of rotatable bonds is 7. The third kappa shape index (κ3) is 5.58. The fourth-order valence-corrected chi connectivity index (χ4v) is 2.69. The van der Waals surface area contributed by atoms with Gasteiger partial charge in [-0.05, 0) is 29.7 Å². The van der Waals surface area contributed by atoms with Crippen LogP contribution in [0.15, 0.2) is 66.7 Å². The lowest BCUT2D eigenvalue weighted by atomic mass is 10.1. The molecular formula is C22H19F3N2O2. The largest absolute Gasteiger partial charge is 0.489 e. The zero-order chi connectivity index (χ0) is 20.8. The molecule has 0 aliphatic heterocycles. The van der Waals surface area contributed by atoms with E-state index in [1.807, 2.05) is 30.3 Å². The quantitative estimate of drug-likeness (QED) is 0.625. The van der Waals surface area contributed by atoms with Crippen LogP contribution in [0.25, 0.3) is 0 Å². The highest BCUT2D eigenvalue weighted by Gasteiger charge is 2.19. The predicted molar refractivity (Wildman–Crippen MR) is 104 cm³/mol. The van der Waals surface area contributed by atoms with Crippen LogP contribution in [0.1, 0.15) is 11.1 Å². The van der Waals surface area contributed by atoms with Crippen LogP contribution in [0.3, 0.4) is 0 Å². The van der Waals surface area contributed by atoms with Gasteiger partial charge in [0.15, 0.2) is 11.6 Å². The molecule has 0 heterocycles. The van der Waals surface area contributed by atoms with Gasteiger partial charge in [-0.1, -0.05) is 42.5 Å². The van der Waals surface area contributed by atoms with Crippen molar-refractivity contribution in [1.29, 1.82) is 0 Å². The van der Waals surface area contributed by atoms with Gasteiger partial charge in [0.2, 0.25) is 5.91 Å². The third-order valence-electron chi connectivity index (χ3n) is 4.22. The second-order valence-corrected chi connectivity index (χ2v) is 6.46. The van der Waals surface area contributed by atoms with Crippen LogP contribution in [0.2, 0.25) is 0 Å². The van der Waals surface area contributed by atoms with Gasteiger partial charge in [0.1, 0.15) is 23.9 Å². The molecule has 0 fully saturated rings. The summed E-state index contributed by atoms with van der Waals surface area (Å²) >= 11 is 0. The summed E-state index contributed by atoms with van der Waals surface area (Å²) in [6, 6.07) is 16.6.